The summed E-state index contributed by atoms with van der Waals surface area (Å²) in [5, 5.41) is 8.03. The van der Waals surface area contributed by atoms with Gasteiger partial charge in [0.25, 0.3) is 5.91 Å². The highest BCUT2D eigenvalue weighted by molar-refractivity contribution is 7.97. The second kappa shape index (κ2) is 8.44. The Kier molecular flexibility index (Phi) is 5.71. The smallest absolute Gasteiger partial charge is 0.251 e. The number of aryl methyl sites for hydroxylation is 1. The van der Waals surface area contributed by atoms with Gasteiger partial charge >= 0.3 is 0 Å². The van der Waals surface area contributed by atoms with Crippen molar-refractivity contribution in [1.82, 2.24) is 19.7 Å². The summed E-state index contributed by atoms with van der Waals surface area (Å²) >= 11 is 0.768. The highest BCUT2D eigenvalue weighted by Crippen LogP contribution is 2.33. The number of nitrogens with one attached hydrogen (secondary N) is 1. The second-order valence-electron chi connectivity index (χ2n) is 7.01. The molecule has 0 bridgehead atoms. The Morgan fingerprint density at radius 3 is 2.61 bits per heavy atom. The van der Waals surface area contributed by atoms with E-state index in [0.717, 1.165) is 17.5 Å². The molecule has 4 rings (SSSR count). The zero-order valence-corrected chi connectivity index (χ0v) is 17.6. The van der Waals surface area contributed by atoms with Gasteiger partial charge in [-0.15, -0.1) is 0 Å². The summed E-state index contributed by atoms with van der Waals surface area (Å²) in [4.78, 5) is 21.1. The third-order valence-corrected chi connectivity index (χ3v) is 5.43. The van der Waals surface area contributed by atoms with E-state index in [0.29, 0.717) is 22.6 Å². The number of fused-ring (bicyclic) bond motifs is 1. The number of nitrogens with zero attached hydrogens (tertiary/aromatic N) is 3. The van der Waals surface area contributed by atoms with Crippen molar-refractivity contribution in [3.8, 4) is 11.3 Å². The number of hydrogen-bond donors (Lipinski definition) is 2. The number of pyridine rings is 2. The molecule has 3 heterocycles. The van der Waals surface area contributed by atoms with E-state index in [9.17, 15) is 13.6 Å². The molecule has 0 atom stereocenters. The Morgan fingerprint density at radius 2 is 1.94 bits per heavy atom. The minimum absolute atomic E-state index is 0.182. The number of benzene rings is 1. The maximum Gasteiger partial charge on any atom is 0.251 e. The topological polar surface area (TPSA) is 85.3 Å². The predicted molar refractivity (Wildman–Crippen MR) is 116 cm³/mol. The van der Waals surface area contributed by atoms with Gasteiger partial charge in [0.05, 0.1) is 17.0 Å². The number of hydrogen-bond acceptors (Lipinski definition) is 5. The van der Waals surface area contributed by atoms with Crippen molar-refractivity contribution in [3.05, 3.63) is 82.9 Å². The summed E-state index contributed by atoms with van der Waals surface area (Å²) in [6, 6.07) is 9.35. The Balaban J connectivity index is 1.90. The van der Waals surface area contributed by atoms with Gasteiger partial charge in [0.15, 0.2) is 0 Å². The van der Waals surface area contributed by atoms with Gasteiger partial charge in [-0.2, -0.15) is 0 Å². The fraction of sp³-hybridized carbons (Fsp3) is 0.136. The van der Waals surface area contributed by atoms with Crippen LogP contribution in [0.15, 0.2) is 53.7 Å². The summed E-state index contributed by atoms with van der Waals surface area (Å²) in [5.41, 5.74) is 3.05. The minimum atomic E-state index is -0.749. The number of rotatable bonds is 5. The Labute approximate surface area is 181 Å². The van der Waals surface area contributed by atoms with Crippen LogP contribution in [0.5, 0.6) is 0 Å². The van der Waals surface area contributed by atoms with Gasteiger partial charge in [-0.05, 0) is 60.8 Å². The van der Waals surface area contributed by atoms with Crippen LogP contribution in [0, 0.1) is 18.6 Å². The first-order valence-corrected chi connectivity index (χ1v) is 10.3. The Hall–Kier alpha value is -3.30. The van der Waals surface area contributed by atoms with E-state index in [1.54, 1.807) is 29.8 Å². The molecule has 0 saturated carbocycles. The number of amides is 1. The Morgan fingerprint density at radius 1 is 1.19 bits per heavy atom. The predicted octanol–water partition coefficient (Wildman–Crippen LogP) is 3.90. The highest BCUT2D eigenvalue weighted by Gasteiger charge is 2.22. The zero-order valence-electron chi connectivity index (χ0n) is 16.8. The van der Waals surface area contributed by atoms with Crippen LogP contribution in [0.4, 0.5) is 8.78 Å². The van der Waals surface area contributed by atoms with Gasteiger partial charge in [0.2, 0.25) is 0 Å². The fourth-order valence-electron chi connectivity index (χ4n) is 3.44. The molecule has 3 aromatic heterocycles. The van der Waals surface area contributed by atoms with Crippen LogP contribution >= 0.6 is 11.9 Å². The number of aromatic nitrogens is 3. The molecular formula is C22H19F2N5OS. The number of carbonyl (C=O) groups excluding carboxylic acids is 1. The van der Waals surface area contributed by atoms with Gasteiger partial charge in [0.1, 0.15) is 17.3 Å². The van der Waals surface area contributed by atoms with E-state index in [1.165, 1.54) is 18.3 Å². The normalized spacial score (nSPS) is 11.1. The molecule has 6 nitrogen and oxygen atoms in total. The molecule has 0 spiro atoms. The quantitative estimate of drug-likeness (QED) is 0.461. The standard InChI is InChI=1S/C22H19F2N5OS/c1-12-4-6-29-18(9-14-8-13(3-5-27-14)22(30)26-2)21(28-19(29)7-12)20-16(23)10-15(31-25)11-17(20)24/h3-8,10-11H,9,25H2,1-2H3,(H,26,30). The van der Waals surface area contributed by atoms with Gasteiger partial charge in [-0.25, -0.2) is 13.8 Å². The van der Waals surface area contributed by atoms with Crippen LogP contribution in [-0.2, 0) is 6.42 Å². The SMILES string of the molecule is CNC(=O)c1ccnc(Cc2c(-c3c(F)cc(SN)cc3F)nc3cc(C)ccn23)c1. The van der Waals surface area contributed by atoms with Crippen molar-refractivity contribution in [1.29, 1.82) is 0 Å². The molecule has 0 aliphatic heterocycles. The molecule has 4 aromatic rings. The lowest BCUT2D eigenvalue weighted by atomic mass is 10.0. The van der Waals surface area contributed by atoms with Crippen molar-refractivity contribution < 1.29 is 13.6 Å². The zero-order chi connectivity index (χ0) is 22.1. The Bertz CT molecular complexity index is 1280. The van der Waals surface area contributed by atoms with Crippen LogP contribution in [0.25, 0.3) is 16.9 Å². The van der Waals surface area contributed by atoms with E-state index in [-0.39, 0.29) is 28.5 Å². The van der Waals surface area contributed by atoms with Crippen LogP contribution in [0.1, 0.15) is 27.3 Å². The first-order valence-electron chi connectivity index (χ1n) is 9.42. The summed E-state index contributed by atoms with van der Waals surface area (Å²) in [7, 11) is 1.54. The molecule has 0 aliphatic rings. The van der Waals surface area contributed by atoms with Gasteiger partial charge < -0.3 is 9.72 Å². The van der Waals surface area contributed by atoms with E-state index in [2.05, 4.69) is 15.3 Å². The molecular weight excluding hydrogens is 420 g/mol. The second-order valence-corrected chi connectivity index (χ2v) is 7.72. The highest BCUT2D eigenvalue weighted by atomic mass is 32.2. The van der Waals surface area contributed by atoms with Crippen molar-refractivity contribution in [2.45, 2.75) is 18.2 Å². The fourth-order valence-corrected chi connectivity index (χ4v) is 3.79. The third-order valence-electron chi connectivity index (χ3n) is 4.92. The average molecular weight is 439 g/mol. The third kappa shape index (κ3) is 4.01. The lowest BCUT2D eigenvalue weighted by Crippen LogP contribution is -2.18. The minimum Gasteiger partial charge on any atom is -0.355 e. The van der Waals surface area contributed by atoms with Gasteiger partial charge in [0, 0.05) is 42.0 Å². The largest absolute Gasteiger partial charge is 0.355 e. The molecule has 31 heavy (non-hydrogen) atoms. The molecule has 0 aliphatic carbocycles. The maximum absolute atomic E-state index is 14.9. The lowest BCUT2D eigenvalue weighted by molar-refractivity contribution is 0.0963. The van der Waals surface area contributed by atoms with Crippen molar-refractivity contribution in [2.75, 3.05) is 7.05 Å². The number of imidazole rings is 1. The average Bonchev–Trinajstić information content (AvgIpc) is 3.09. The number of carbonyl (C=O) groups is 1. The van der Waals surface area contributed by atoms with Crippen LogP contribution in [-0.4, -0.2) is 27.3 Å². The maximum atomic E-state index is 14.9. The van der Waals surface area contributed by atoms with Crippen molar-refractivity contribution in [3.63, 3.8) is 0 Å². The summed E-state index contributed by atoms with van der Waals surface area (Å²) in [5.74, 6) is -1.74. The summed E-state index contributed by atoms with van der Waals surface area (Å²) in [6.45, 7) is 1.91. The van der Waals surface area contributed by atoms with E-state index in [1.807, 2.05) is 19.1 Å². The molecule has 0 saturated heterocycles. The van der Waals surface area contributed by atoms with E-state index < -0.39 is 11.6 Å². The molecule has 0 unspecified atom stereocenters. The van der Waals surface area contributed by atoms with Crippen LogP contribution in [0.2, 0.25) is 0 Å². The molecule has 158 valence electrons. The van der Waals surface area contributed by atoms with Gasteiger partial charge in [-0.3, -0.25) is 14.9 Å². The summed E-state index contributed by atoms with van der Waals surface area (Å²) in [6.07, 6.45) is 3.55. The molecule has 0 radical (unpaired) electrons. The lowest BCUT2D eigenvalue weighted by Gasteiger charge is -2.09. The monoisotopic (exact) mass is 439 g/mol. The van der Waals surface area contributed by atoms with E-state index in [4.69, 9.17) is 5.14 Å². The molecule has 1 aromatic carbocycles. The molecule has 9 heteroatoms. The van der Waals surface area contributed by atoms with Gasteiger partial charge in [-0.1, -0.05) is 0 Å². The molecule has 3 N–H and O–H groups in total. The first-order chi connectivity index (χ1) is 14.9. The van der Waals surface area contributed by atoms with Crippen LogP contribution in [0.3, 0.4) is 0 Å². The number of nitrogens with two attached hydrogens (primary N) is 1. The number of halogens is 2. The molecule has 1 amide bonds. The van der Waals surface area contributed by atoms with Crippen LogP contribution < -0.4 is 10.5 Å². The first kappa shape index (κ1) is 21.0. The molecule has 0 fully saturated rings. The summed E-state index contributed by atoms with van der Waals surface area (Å²) < 4.78 is 31.6. The van der Waals surface area contributed by atoms with E-state index >= 15 is 0 Å². The van der Waals surface area contributed by atoms with Crippen molar-refractivity contribution in [2.24, 2.45) is 5.14 Å². The van der Waals surface area contributed by atoms with Crippen molar-refractivity contribution >= 4 is 23.5 Å².